The predicted octanol–water partition coefficient (Wildman–Crippen LogP) is 6.32. The topological polar surface area (TPSA) is 61.8 Å². The number of unbranched alkanes of at least 4 members (excludes halogenated alkanes) is 1. The summed E-state index contributed by atoms with van der Waals surface area (Å²) in [6, 6.07) is 16.0. The monoisotopic (exact) mass is 458 g/mol. The van der Waals surface area contributed by atoms with E-state index in [0.717, 1.165) is 37.1 Å². The van der Waals surface area contributed by atoms with Gasteiger partial charge in [-0.25, -0.2) is 9.59 Å². The molecule has 0 aliphatic carbocycles. The molecule has 0 heterocycles. The van der Waals surface area contributed by atoms with Gasteiger partial charge in [0.2, 0.25) is 0 Å². The first-order valence-corrected chi connectivity index (χ1v) is 10.2. The van der Waals surface area contributed by atoms with E-state index in [0.29, 0.717) is 18.1 Å². The molecule has 172 valence electrons. The van der Waals surface area contributed by atoms with Crippen molar-refractivity contribution < 1.29 is 37.0 Å². The van der Waals surface area contributed by atoms with Gasteiger partial charge in [-0.1, -0.05) is 13.3 Å². The average molecular weight is 458 g/mol. The molecule has 0 aliphatic heterocycles. The van der Waals surface area contributed by atoms with E-state index in [1.54, 1.807) is 24.3 Å². The van der Waals surface area contributed by atoms with Crippen molar-refractivity contribution >= 4 is 11.9 Å². The van der Waals surface area contributed by atoms with E-state index in [9.17, 15) is 22.8 Å². The Balaban J connectivity index is 1.56. The fourth-order valence-electron chi connectivity index (χ4n) is 2.72. The summed E-state index contributed by atoms with van der Waals surface area (Å²) in [4.78, 5) is 24.5. The highest BCUT2D eigenvalue weighted by Crippen LogP contribution is 2.29. The van der Waals surface area contributed by atoms with E-state index in [2.05, 4.69) is 6.92 Å². The van der Waals surface area contributed by atoms with Crippen molar-refractivity contribution in [3.63, 3.8) is 0 Å². The molecule has 33 heavy (non-hydrogen) atoms. The molecule has 0 radical (unpaired) electrons. The van der Waals surface area contributed by atoms with Crippen LogP contribution in [0.1, 0.15) is 46.0 Å². The Kier molecular flexibility index (Phi) is 7.71. The number of carbonyl (C=O) groups excluding carboxylic acids is 2. The van der Waals surface area contributed by atoms with Crippen molar-refractivity contribution in [2.24, 2.45) is 0 Å². The Labute approximate surface area is 188 Å². The molecule has 3 rings (SSSR count). The number of hydrogen-bond acceptors (Lipinski definition) is 5. The Morgan fingerprint density at radius 1 is 0.697 bits per heavy atom. The first-order chi connectivity index (χ1) is 15.8. The molecule has 0 N–H and O–H groups in total. The maximum Gasteiger partial charge on any atom is 0.416 e. The molecule has 0 saturated heterocycles. The highest BCUT2D eigenvalue weighted by atomic mass is 19.4. The summed E-state index contributed by atoms with van der Waals surface area (Å²) in [5, 5.41) is 0. The van der Waals surface area contributed by atoms with Crippen LogP contribution in [0.2, 0.25) is 0 Å². The van der Waals surface area contributed by atoms with Crippen LogP contribution in [0.4, 0.5) is 13.2 Å². The fourth-order valence-corrected chi connectivity index (χ4v) is 2.72. The van der Waals surface area contributed by atoms with Gasteiger partial charge in [0.05, 0.1) is 23.3 Å². The standard InChI is InChI=1S/C25H21F3O5/c1-2-3-16-31-20-12-14-22(15-13-20)33-24(30)18-6-10-21(11-7-18)32-23(29)17-4-8-19(9-5-17)25(26,27)28/h4-15H,2-3,16H2,1H3. The lowest BCUT2D eigenvalue weighted by atomic mass is 10.1. The van der Waals surface area contributed by atoms with Crippen LogP contribution in [0.3, 0.4) is 0 Å². The number of ether oxygens (including phenoxy) is 3. The minimum absolute atomic E-state index is 0.0337. The van der Waals surface area contributed by atoms with Gasteiger partial charge >= 0.3 is 18.1 Å². The summed E-state index contributed by atoms with van der Waals surface area (Å²) in [5.74, 6) is -0.260. The first kappa shape index (κ1) is 23.8. The molecule has 3 aromatic carbocycles. The average Bonchev–Trinajstić information content (AvgIpc) is 2.80. The molecule has 0 spiro atoms. The number of hydrogen-bond donors (Lipinski definition) is 0. The minimum Gasteiger partial charge on any atom is -0.494 e. The van der Waals surface area contributed by atoms with Gasteiger partial charge in [-0.2, -0.15) is 13.2 Å². The molecule has 8 heteroatoms. The van der Waals surface area contributed by atoms with Crippen LogP contribution in [-0.2, 0) is 6.18 Å². The molecular weight excluding hydrogens is 437 g/mol. The Hall–Kier alpha value is -3.81. The van der Waals surface area contributed by atoms with E-state index < -0.39 is 23.7 Å². The highest BCUT2D eigenvalue weighted by Gasteiger charge is 2.30. The molecule has 0 unspecified atom stereocenters. The predicted molar refractivity (Wildman–Crippen MR) is 115 cm³/mol. The van der Waals surface area contributed by atoms with Gasteiger partial charge in [-0.3, -0.25) is 0 Å². The summed E-state index contributed by atoms with van der Waals surface area (Å²) in [6.07, 6.45) is -2.51. The van der Waals surface area contributed by atoms with Crippen molar-refractivity contribution in [3.05, 3.63) is 89.5 Å². The fraction of sp³-hybridized carbons (Fsp3) is 0.200. The lowest BCUT2D eigenvalue weighted by Gasteiger charge is -2.09. The molecule has 0 saturated carbocycles. The van der Waals surface area contributed by atoms with Crippen molar-refractivity contribution in [1.29, 1.82) is 0 Å². The third kappa shape index (κ3) is 6.83. The van der Waals surface area contributed by atoms with Crippen LogP contribution in [0, 0.1) is 0 Å². The molecule has 0 bridgehead atoms. The van der Waals surface area contributed by atoms with Gasteiger partial charge in [-0.05, 0) is 79.2 Å². The van der Waals surface area contributed by atoms with Gasteiger partial charge in [0.25, 0.3) is 0 Å². The van der Waals surface area contributed by atoms with E-state index in [4.69, 9.17) is 14.2 Å². The van der Waals surface area contributed by atoms with Crippen LogP contribution in [-0.4, -0.2) is 18.5 Å². The molecule has 5 nitrogen and oxygen atoms in total. The molecule has 0 aliphatic rings. The minimum atomic E-state index is -4.49. The summed E-state index contributed by atoms with van der Waals surface area (Å²) >= 11 is 0. The van der Waals surface area contributed by atoms with Gasteiger partial charge < -0.3 is 14.2 Å². The highest BCUT2D eigenvalue weighted by molar-refractivity contribution is 5.92. The SMILES string of the molecule is CCCCOc1ccc(OC(=O)c2ccc(OC(=O)c3ccc(C(F)(F)F)cc3)cc2)cc1. The smallest absolute Gasteiger partial charge is 0.416 e. The van der Waals surface area contributed by atoms with Crippen LogP contribution in [0.25, 0.3) is 0 Å². The van der Waals surface area contributed by atoms with Crippen LogP contribution >= 0.6 is 0 Å². The number of benzene rings is 3. The second-order valence-corrected chi connectivity index (χ2v) is 7.05. The largest absolute Gasteiger partial charge is 0.494 e. The van der Waals surface area contributed by atoms with Gasteiger partial charge in [-0.15, -0.1) is 0 Å². The number of halogens is 3. The second kappa shape index (κ2) is 10.7. The zero-order chi connectivity index (χ0) is 23.8. The molecule has 0 amide bonds. The number of rotatable bonds is 8. The molecule has 0 atom stereocenters. The molecule has 3 aromatic rings. The van der Waals surface area contributed by atoms with E-state index >= 15 is 0 Å². The second-order valence-electron chi connectivity index (χ2n) is 7.05. The first-order valence-electron chi connectivity index (χ1n) is 10.2. The summed E-state index contributed by atoms with van der Waals surface area (Å²) in [6.45, 7) is 2.69. The third-order valence-electron chi connectivity index (χ3n) is 4.55. The quantitative estimate of drug-likeness (QED) is 0.225. The summed E-state index contributed by atoms with van der Waals surface area (Å²) < 4.78 is 53.9. The summed E-state index contributed by atoms with van der Waals surface area (Å²) in [5.41, 5.74) is -0.665. The lowest BCUT2D eigenvalue weighted by Crippen LogP contribution is -2.11. The number of carbonyl (C=O) groups is 2. The van der Waals surface area contributed by atoms with Crippen molar-refractivity contribution in [1.82, 2.24) is 0 Å². The van der Waals surface area contributed by atoms with Crippen LogP contribution in [0.15, 0.2) is 72.8 Å². The van der Waals surface area contributed by atoms with Gasteiger partial charge in [0, 0.05) is 0 Å². The number of alkyl halides is 3. The normalized spacial score (nSPS) is 11.0. The summed E-state index contributed by atoms with van der Waals surface area (Å²) in [7, 11) is 0. The molecule has 0 fully saturated rings. The van der Waals surface area contributed by atoms with Crippen molar-refractivity contribution in [2.45, 2.75) is 25.9 Å². The third-order valence-corrected chi connectivity index (χ3v) is 4.55. The van der Waals surface area contributed by atoms with E-state index in [1.807, 2.05) is 0 Å². The van der Waals surface area contributed by atoms with Crippen molar-refractivity contribution in [3.8, 4) is 17.2 Å². The Morgan fingerprint density at radius 3 is 1.58 bits per heavy atom. The van der Waals surface area contributed by atoms with E-state index in [-0.39, 0.29) is 16.9 Å². The molecular formula is C25H21F3O5. The molecule has 0 aromatic heterocycles. The number of esters is 2. The van der Waals surface area contributed by atoms with Crippen molar-refractivity contribution in [2.75, 3.05) is 6.61 Å². The maximum absolute atomic E-state index is 12.6. The Bertz CT molecular complexity index is 1070. The van der Waals surface area contributed by atoms with E-state index in [1.165, 1.54) is 24.3 Å². The Morgan fingerprint density at radius 2 is 1.12 bits per heavy atom. The maximum atomic E-state index is 12.6. The van der Waals surface area contributed by atoms with Gasteiger partial charge in [0.1, 0.15) is 17.2 Å². The van der Waals surface area contributed by atoms with Crippen LogP contribution in [0.5, 0.6) is 17.2 Å². The van der Waals surface area contributed by atoms with Crippen LogP contribution < -0.4 is 14.2 Å². The zero-order valence-electron chi connectivity index (χ0n) is 17.7. The zero-order valence-corrected chi connectivity index (χ0v) is 17.7. The van der Waals surface area contributed by atoms with Gasteiger partial charge in [0.15, 0.2) is 0 Å². The lowest BCUT2D eigenvalue weighted by molar-refractivity contribution is -0.137.